The molecule has 0 bridgehead atoms. The summed E-state index contributed by atoms with van der Waals surface area (Å²) in [6, 6.07) is 7.74. The van der Waals surface area contributed by atoms with Crippen LogP contribution in [0.15, 0.2) is 24.3 Å². The van der Waals surface area contributed by atoms with E-state index < -0.39 is 6.04 Å². The summed E-state index contributed by atoms with van der Waals surface area (Å²) in [6.45, 7) is 0. The lowest BCUT2D eigenvalue weighted by atomic mass is 9.88. The molecule has 0 spiro atoms. The monoisotopic (exact) mass is 274 g/mol. The van der Waals surface area contributed by atoms with Gasteiger partial charge in [-0.05, 0) is 24.5 Å². The maximum atomic E-state index is 13.6. The summed E-state index contributed by atoms with van der Waals surface area (Å²) in [7, 11) is 0. The smallest absolute Gasteiger partial charge is 0.224 e. The van der Waals surface area contributed by atoms with Crippen molar-refractivity contribution < 1.29 is 9.18 Å². The minimum atomic E-state index is -0.665. The Morgan fingerprint density at radius 3 is 2.70 bits per heavy atom. The Morgan fingerprint density at radius 2 is 2.05 bits per heavy atom. The average Bonchev–Trinajstić information content (AvgIpc) is 2.49. The molecule has 0 aliphatic heterocycles. The van der Waals surface area contributed by atoms with Gasteiger partial charge in [-0.2, -0.15) is 5.26 Å². The number of carbonyl (C=O) groups excluding carboxylic acids is 1. The number of nitrogens with one attached hydrogen (secondary N) is 1. The van der Waals surface area contributed by atoms with Crippen molar-refractivity contribution in [2.24, 2.45) is 5.92 Å². The van der Waals surface area contributed by atoms with Gasteiger partial charge in [-0.25, -0.2) is 4.39 Å². The molecule has 1 saturated carbocycles. The quantitative estimate of drug-likeness (QED) is 0.917. The molecule has 1 aromatic rings. The van der Waals surface area contributed by atoms with Crippen LogP contribution in [0.2, 0.25) is 0 Å². The Balaban J connectivity index is 1.94. The SMILES string of the molecule is N#C[C@H](Cc1ccccc1F)NC(=O)C1CCCCC1. The van der Waals surface area contributed by atoms with Crippen LogP contribution < -0.4 is 5.32 Å². The molecule has 1 N–H and O–H groups in total. The molecule has 3 nitrogen and oxygen atoms in total. The third-order valence-corrected chi connectivity index (χ3v) is 3.83. The fourth-order valence-electron chi connectivity index (χ4n) is 2.67. The number of carbonyl (C=O) groups is 1. The van der Waals surface area contributed by atoms with Gasteiger partial charge in [0, 0.05) is 12.3 Å². The van der Waals surface area contributed by atoms with Crippen molar-refractivity contribution in [1.82, 2.24) is 5.32 Å². The topological polar surface area (TPSA) is 52.9 Å². The second kappa shape index (κ2) is 7.04. The van der Waals surface area contributed by atoms with E-state index in [2.05, 4.69) is 5.32 Å². The summed E-state index contributed by atoms with van der Waals surface area (Å²) < 4.78 is 13.6. The molecular weight excluding hydrogens is 255 g/mol. The van der Waals surface area contributed by atoms with E-state index in [9.17, 15) is 9.18 Å². The summed E-state index contributed by atoms with van der Waals surface area (Å²) in [6.07, 6.45) is 5.32. The first-order valence-corrected chi connectivity index (χ1v) is 7.14. The Labute approximate surface area is 118 Å². The Morgan fingerprint density at radius 1 is 1.35 bits per heavy atom. The normalized spacial score (nSPS) is 17.2. The van der Waals surface area contributed by atoms with Gasteiger partial charge in [0.25, 0.3) is 0 Å². The van der Waals surface area contributed by atoms with E-state index >= 15 is 0 Å². The largest absolute Gasteiger partial charge is 0.340 e. The van der Waals surface area contributed by atoms with Crippen LogP contribution in [-0.4, -0.2) is 11.9 Å². The van der Waals surface area contributed by atoms with Gasteiger partial charge < -0.3 is 5.32 Å². The number of amides is 1. The molecule has 0 heterocycles. The first-order valence-electron chi connectivity index (χ1n) is 7.14. The number of nitriles is 1. The number of benzene rings is 1. The fraction of sp³-hybridized carbons (Fsp3) is 0.500. The van der Waals surface area contributed by atoms with Gasteiger partial charge >= 0.3 is 0 Å². The highest BCUT2D eigenvalue weighted by molar-refractivity contribution is 5.79. The molecule has 0 unspecified atom stereocenters. The van der Waals surface area contributed by atoms with Crippen molar-refractivity contribution >= 4 is 5.91 Å². The van der Waals surface area contributed by atoms with Gasteiger partial charge in [0.05, 0.1) is 6.07 Å². The molecule has 20 heavy (non-hydrogen) atoms. The lowest BCUT2D eigenvalue weighted by Crippen LogP contribution is -2.40. The summed E-state index contributed by atoms with van der Waals surface area (Å²) in [4.78, 5) is 12.1. The predicted octanol–water partition coefficient (Wildman–Crippen LogP) is 2.96. The molecule has 0 aromatic heterocycles. The Bertz CT molecular complexity index is 503. The maximum Gasteiger partial charge on any atom is 0.224 e. The van der Waals surface area contributed by atoms with Crippen molar-refractivity contribution in [3.8, 4) is 6.07 Å². The Kier molecular flexibility index (Phi) is 5.11. The summed E-state index contributed by atoms with van der Waals surface area (Å²) >= 11 is 0. The lowest BCUT2D eigenvalue weighted by Gasteiger charge is -2.22. The maximum absolute atomic E-state index is 13.6. The van der Waals surface area contributed by atoms with Gasteiger partial charge in [0.15, 0.2) is 0 Å². The van der Waals surface area contributed by atoms with Crippen LogP contribution in [0.25, 0.3) is 0 Å². The zero-order valence-corrected chi connectivity index (χ0v) is 11.4. The van der Waals surface area contributed by atoms with Crippen LogP contribution >= 0.6 is 0 Å². The molecule has 2 rings (SSSR count). The number of hydrogen-bond donors (Lipinski definition) is 1. The van der Waals surface area contributed by atoms with E-state index in [-0.39, 0.29) is 24.1 Å². The highest BCUT2D eigenvalue weighted by Gasteiger charge is 2.23. The van der Waals surface area contributed by atoms with Gasteiger partial charge in [-0.3, -0.25) is 4.79 Å². The van der Waals surface area contributed by atoms with Gasteiger partial charge in [-0.15, -0.1) is 0 Å². The molecule has 106 valence electrons. The molecule has 1 fully saturated rings. The van der Waals surface area contributed by atoms with Gasteiger partial charge in [-0.1, -0.05) is 37.5 Å². The zero-order valence-electron chi connectivity index (χ0n) is 11.4. The number of hydrogen-bond acceptors (Lipinski definition) is 2. The molecule has 1 aliphatic rings. The van der Waals surface area contributed by atoms with Crippen LogP contribution in [0.4, 0.5) is 4.39 Å². The fourth-order valence-corrected chi connectivity index (χ4v) is 2.67. The second-order valence-electron chi connectivity index (χ2n) is 5.32. The third kappa shape index (κ3) is 3.80. The highest BCUT2D eigenvalue weighted by atomic mass is 19.1. The summed E-state index contributed by atoms with van der Waals surface area (Å²) in [5.41, 5.74) is 0.461. The van der Waals surface area contributed by atoms with E-state index in [0.717, 1.165) is 25.7 Å². The zero-order chi connectivity index (χ0) is 14.4. The van der Waals surface area contributed by atoms with Crippen LogP contribution in [-0.2, 0) is 11.2 Å². The number of nitrogens with zero attached hydrogens (tertiary/aromatic N) is 1. The second-order valence-corrected chi connectivity index (χ2v) is 5.32. The standard InChI is InChI=1S/C16H19FN2O/c17-15-9-5-4-8-13(15)10-14(11-18)19-16(20)12-6-2-1-3-7-12/h4-5,8-9,12,14H,1-3,6-7,10H2,(H,19,20)/t14-/m0/s1. The average molecular weight is 274 g/mol. The van der Waals surface area contributed by atoms with Crippen LogP contribution in [0.5, 0.6) is 0 Å². The molecule has 0 saturated heterocycles. The minimum Gasteiger partial charge on any atom is -0.340 e. The van der Waals surface area contributed by atoms with E-state index in [0.29, 0.717) is 5.56 Å². The van der Waals surface area contributed by atoms with Crippen molar-refractivity contribution in [3.05, 3.63) is 35.6 Å². The predicted molar refractivity (Wildman–Crippen MR) is 74.2 cm³/mol. The first-order chi connectivity index (χ1) is 9.70. The van der Waals surface area contributed by atoms with E-state index in [1.165, 1.54) is 12.5 Å². The molecule has 1 aromatic carbocycles. The van der Waals surface area contributed by atoms with Crippen LogP contribution in [0.1, 0.15) is 37.7 Å². The lowest BCUT2D eigenvalue weighted by molar-refractivity contribution is -0.126. The van der Waals surface area contributed by atoms with Gasteiger partial charge in [0.2, 0.25) is 5.91 Å². The van der Waals surface area contributed by atoms with Crippen LogP contribution in [0, 0.1) is 23.1 Å². The van der Waals surface area contributed by atoms with E-state index in [1.54, 1.807) is 18.2 Å². The molecule has 1 atom stereocenters. The molecule has 0 radical (unpaired) electrons. The molecule has 4 heteroatoms. The van der Waals surface area contributed by atoms with Crippen LogP contribution in [0.3, 0.4) is 0 Å². The van der Waals surface area contributed by atoms with E-state index in [4.69, 9.17) is 5.26 Å². The van der Waals surface area contributed by atoms with E-state index in [1.807, 2.05) is 6.07 Å². The Hall–Kier alpha value is -1.89. The number of rotatable bonds is 4. The highest BCUT2D eigenvalue weighted by Crippen LogP contribution is 2.23. The van der Waals surface area contributed by atoms with Gasteiger partial charge in [0.1, 0.15) is 11.9 Å². The third-order valence-electron chi connectivity index (χ3n) is 3.83. The molecule has 1 aliphatic carbocycles. The summed E-state index contributed by atoms with van der Waals surface area (Å²) in [5.74, 6) is -0.382. The van der Waals surface area contributed by atoms with Crippen molar-refractivity contribution in [2.45, 2.75) is 44.6 Å². The first kappa shape index (κ1) is 14.5. The summed E-state index contributed by atoms with van der Waals surface area (Å²) in [5, 5.41) is 11.9. The van der Waals surface area contributed by atoms with Crippen molar-refractivity contribution in [3.63, 3.8) is 0 Å². The minimum absolute atomic E-state index is 0.0141. The molecular formula is C16H19FN2O. The van der Waals surface area contributed by atoms with Crippen molar-refractivity contribution in [1.29, 1.82) is 5.26 Å². The van der Waals surface area contributed by atoms with Crippen molar-refractivity contribution in [2.75, 3.05) is 0 Å². The molecule has 1 amide bonds. The number of halogens is 1.